The number of nitrogens with zero attached hydrogens (tertiary/aromatic N) is 1. The molecule has 1 aromatic carbocycles. The summed E-state index contributed by atoms with van der Waals surface area (Å²) >= 11 is 0. The molecule has 0 atom stereocenters. The Morgan fingerprint density at radius 2 is 2.00 bits per heavy atom. The zero-order valence-electron chi connectivity index (χ0n) is 12.9. The van der Waals surface area contributed by atoms with E-state index in [9.17, 15) is 0 Å². The van der Waals surface area contributed by atoms with Crippen molar-refractivity contribution in [2.45, 2.75) is 39.3 Å². The first-order chi connectivity index (χ1) is 10.2. The quantitative estimate of drug-likeness (QED) is 0.909. The van der Waals surface area contributed by atoms with Crippen LogP contribution in [0, 0.1) is 13.8 Å². The number of hydrogen-bond acceptors (Lipinski definition) is 3. The molecule has 1 saturated carbocycles. The van der Waals surface area contributed by atoms with Gasteiger partial charge in [0.15, 0.2) is 0 Å². The van der Waals surface area contributed by atoms with Crippen LogP contribution in [0.3, 0.4) is 0 Å². The van der Waals surface area contributed by atoms with Crippen molar-refractivity contribution in [2.24, 2.45) is 0 Å². The monoisotopic (exact) mass is 282 g/mol. The van der Waals surface area contributed by atoms with E-state index in [1.54, 1.807) is 7.11 Å². The molecule has 3 heteroatoms. The summed E-state index contributed by atoms with van der Waals surface area (Å²) < 4.78 is 5.46. The molecule has 1 N–H and O–H groups in total. The smallest absolute Gasteiger partial charge is 0.128 e. The van der Waals surface area contributed by atoms with E-state index in [1.165, 1.54) is 24.0 Å². The van der Waals surface area contributed by atoms with Crippen molar-refractivity contribution in [3.63, 3.8) is 0 Å². The predicted molar refractivity (Wildman–Crippen MR) is 85.6 cm³/mol. The summed E-state index contributed by atoms with van der Waals surface area (Å²) in [4.78, 5) is 4.77. The molecule has 2 aromatic rings. The number of rotatable bonds is 5. The normalized spacial score (nSPS) is 14.2. The van der Waals surface area contributed by atoms with Gasteiger partial charge < -0.3 is 10.1 Å². The highest BCUT2D eigenvalue weighted by Crippen LogP contribution is 2.30. The lowest BCUT2D eigenvalue weighted by molar-refractivity contribution is 0.416. The third-order valence-corrected chi connectivity index (χ3v) is 3.98. The molecule has 1 aliphatic carbocycles. The number of ether oxygens (including phenoxy) is 1. The van der Waals surface area contributed by atoms with Gasteiger partial charge >= 0.3 is 0 Å². The third kappa shape index (κ3) is 3.24. The van der Waals surface area contributed by atoms with E-state index in [4.69, 9.17) is 9.72 Å². The van der Waals surface area contributed by atoms with E-state index in [0.29, 0.717) is 0 Å². The average Bonchev–Trinajstić information content (AvgIpc) is 3.30. The maximum atomic E-state index is 5.46. The SMILES string of the molecule is COc1ccc(C)cc1-c1ccc(CNC2CC2)c(C)n1. The molecule has 1 aromatic heterocycles. The van der Waals surface area contributed by atoms with Crippen LogP contribution < -0.4 is 10.1 Å². The molecule has 3 nitrogen and oxygen atoms in total. The topological polar surface area (TPSA) is 34.1 Å². The summed E-state index contributed by atoms with van der Waals surface area (Å²) in [5.74, 6) is 0.872. The van der Waals surface area contributed by atoms with Gasteiger partial charge in [-0.15, -0.1) is 0 Å². The van der Waals surface area contributed by atoms with Crippen molar-refractivity contribution in [3.8, 4) is 17.0 Å². The molecular formula is C18H22N2O. The van der Waals surface area contributed by atoms with Crippen molar-refractivity contribution in [2.75, 3.05) is 7.11 Å². The van der Waals surface area contributed by atoms with E-state index in [0.717, 1.165) is 35.3 Å². The van der Waals surface area contributed by atoms with Crippen LogP contribution in [0.2, 0.25) is 0 Å². The van der Waals surface area contributed by atoms with E-state index < -0.39 is 0 Å². The first-order valence-corrected chi connectivity index (χ1v) is 7.52. The standard InChI is InChI=1S/C18H22N2O/c1-12-4-9-18(21-3)16(10-12)17-8-5-14(13(2)20-17)11-19-15-6-7-15/h4-5,8-10,15,19H,6-7,11H2,1-3H3. The second-order valence-corrected chi connectivity index (χ2v) is 5.80. The number of benzene rings is 1. The summed E-state index contributed by atoms with van der Waals surface area (Å²) in [6.45, 7) is 5.08. The Morgan fingerprint density at radius 1 is 1.19 bits per heavy atom. The molecule has 0 aliphatic heterocycles. The Hall–Kier alpha value is -1.87. The van der Waals surface area contributed by atoms with Gasteiger partial charge in [0.25, 0.3) is 0 Å². The van der Waals surface area contributed by atoms with Crippen molar-refractivity contribution in [1.82, 2.24) is 10.3 Å². The van der Waals surface area contributed by atoms with Crippen LogP contribution in [0.25, 0.3) is 11.3 Å². The molecule has 1 aliphatic rings. The van der Waals surface area contributed by atoms with Gasteiger partial charge in [-0.3, -0.25) is 4.98 Å². The van der Waals surface area contributed by atoms with Gasteiger partial charge in [0.05, 0.1) is 12.8 Å². The Labute approximate surface area is 126 Å². The summed E-state index contributed by atoms with van der Waals surface area (Å²) in [7, 11) is 1.70. The first kappa shape index (κ1) is 14.1. The van der Waals surface area contributed by atoms with Gasteiger partial charge in [-0.2, -0.15) is 0 Å². The highest BCUT2D eigenvalue weighted by atomic mass is 16.5. The fraction of sp³-hybridized carbons (Fsp3) is 0.389. The Kier molecular flexibility index (Phi) is 3.93. The Balaban J connectivity index is 1.88. The number of nitrogens with one attached hydrogen (secondary N) is 1. The molecule has 1 fully saturated rings. The van der Waals surface area contributed by atoms with Crippen LogP contribution in [-0.2, 0) is 6.54 Å². The molecule has 0 spiro atoms. The fourth-order valence-corrected chi connectivity index (χ4v) is 2.49. The van der Waals surface area contributed by atoms with Crippen LogP contribution in [0.4, 0.5) is 0 Å². The number of pyridine rings is 1. The van der Waals surface area contributed by atoms with Gasteiger partial charge in [-0.25, -0.2) is 0 Å². The van der Waals surface area contributed by atoms with E-state index in [2.05, 4.69) is 43.4 Å². The van der Waals surface area contributed by atoms with Crippen LogP contribution in [0.1, 0.15) is 29.7 Å². The Morgan fingerprint density at radius 3 is 2.67 bits per heavy atom. The van der Waals surface area contributed by atoms with E-state index >= 15 is 0 Å². The molecule has 3 rings (SSSR count). The van der Waals surface area contributed by atoms with E-state index in [1.807, 2.05) is 6.07 Å². The molecule has 0 unspecified atom stereocenters. The highest BCUT2D eigenvalue weighted by Gasteiger charge is 2.20. The van der Waals surface area contributed by atoms with Crippen molar-refractivity contribution in [1.29, 1.82) is 0 Å². The van der Waals surface area contributed by atoms with Crippen LogP contribution in [0.5, 0.6) is 5.75 Å². The fourth-order valence-electron chi connectivity index (χ4n) is 2.49. The molecule has 0 amide bonds. The first-order valence-electron chi connectivity index (χ1n) is 7.52. The highest BCUT2D eigenvalue weighted by molar-refractivity contribution is 5.68. The number of methoxy groups -OCH3 is 1. The molecule has 0 saturated heterocycles. The summed E-state index contributed by atoms with van der Waals surface area (Å²) in [6, 6.07) is 11.2. The van der Waals surface area contributed by atoms with E-state index in [-0.39, 0.29) is 0 Å². The van der Waals surface area contributed by atoms with Crippen molar-refractivity contribution < 1.29 is 4.74 Å². The second kappa shape index (κ2) is 5.86. The minimum absolute atomic E-state index is 0.723. The lowest BCUT2D eigenvalue weighted by Gasteiger charge is -2.12. The molecule has 110 valence electrons. The zero-order valence-corrected chi connectivity index (χ0v) is 12.9. The van der Waals surface area contributed by atoms with Crippen molar-refractivity contribution >= 4 is 0 Å². The van der Waals surface area contributed by atoms with Crippen LogP contribution in [0.15, 0.2) is 30.3 Å². The van der Waals surface area contributed by atoms with Gasteiger partial charge in [-0.05, 0) is 50.5 Å². The maximum absolute atomic E-state index is 5.46. The summed E-state index contributed by atoms with van der Waals surface area (Å²) in [5.41, 5.74) is 5.61. The molecular weight excluding hydrogens is 260 g/mol. The average molecular weight is 282 g/mol. The second-order valence-electron chi connectivity index (χ2n) is 5.80. The Bertz CT molecular complexity index is 648. The van der Waals surface area contributed by atoms with Gasteiger partial charge in [0, 0.05) is 23.8 Å². The molecule has 0 radical (unpaired) electrons. The van der Waals surface area contributed by atoms with Crippen molar-refractivity contribution in [3.05, 3.63) is 47.2 Å². The minimum Gasteiger partial charge on any atom is -0.496 e. The lowest BCUT2D eigenvalue weighted by Crippen LogP contribution is -2.16. The third-order valence-electron chi connectivity index (χ3n) is 3.98. The number of aromatic nitrogens is 1. The van der Waals surface area contributed by atoms with Gasteiger partial charge in [0.1, 0.15) is 5.75 Å². The minimum atomic E-state index is 0.723. The number of aryl methyl sites for hydroxylation is 2. The van der Waals surface area contributed by atoms with Gasteiger partial charge in [0.2, 0.25) is 0 Å². The maximum Gasteiger partial charge on any atom is 0.128 e. The van der Waals surface area contributed by atoms with Crippen LogP contribution in [-0.4, -0.2) is 18.1 Å². The summed E-state index contributed by atoms with van der Waals surface area (Å²) in [5, 5.41) is 3.54. The zero-order chi connectivity index (χ0) is 14.8. The molecule has 1 heterocycles. The predicted octanol–water partition coefficient (Wildman–Crippen LogP) is 3.63. The number of hydrogen-bond donors (Lipinski definition) is 1. The van der Waals surface area contributed by atoms with Gasteiger partial charge in [-0.1, -0.05) is 17.7 Å². The largest absolute Gasteiger partial charge is 0.496 e. The van der Waals surface area contributed by atoms with Crippen LogP contribution >= 0.6 is 0 Å². The molecule has 0 bridgehead atoms. The molecule has 21 heavy (non-hydrogen) atoms. The lowest BCUT2D eigenvalue weighted by atomic mass is 10.1. The summed E-state index contributed by atoms with van der Waals surface area (Å²) in [6.07, 6.45) is 2.62.